The fraction of sp³-hybridized carbons (Fsp3) is 0.706. The van der Waals surface area contributed by atoms with Crippen molar-refractivity contribution >= 4 is 30.3 Å². The maximum Gasteiger partial charge on any atom is 0.498 e. The van der Waals surface area contributed by atoms with E-state index < -0.39 is 36.9 Å². The molecular weight excluding hydrogens is 369 g/mol. The smallest absolute Gasteiger partial charge is 0.399 e. The normalized spacial score (nSPS) is 25.0. The minimum Gasteiger partial charge on any atom is -0.399 e. The fourth-order valence-electron chi connectivity index (χ4n) is 2.95. The summed E-state index contributed by atoms with van der Waals surface area (Å²) in [6, 6.07) is 0. The largest absolute Gasteiger partial charge is 0.498 e. The molecule has 0 saturated carbocycles. The van der Waals surface area contributed by atoms with E-state index in [0.717, 1.165) is 11.9 Å². The predicted octanol–water partition coefficient (Wildman–Crippen LogP) is -0.178. The van der Waals surface area contributed by atoms with Gasteiger partial charge in [0.25, 0.3) is 5.91 Å². The van der Waals surface area contributed by atoms with E-state index in [2.05, 4.69) is 9.97 Å². The highest BCUT2D eigenvalue weighted by Crippen LogP contribution is 2.36. The second-order valence-electron chi connectivity index (χ2n) is 7.90. The first kappa shape index (κ1) is 20.5. The Morgan fingerprint density at radius 1 is 1.33 bits per heavy atom. The van der Waals surface area contributed by atoms with Crippen molar-refractivity contribution in [1.82, 2.24) is 14.9 Å². The average molecular weight is 395 g/mol. The molecule has 10 heteroatoms. The molecule has 2 aliphatic rings. The lowest BCUT2D eigenvalue weighted by Crippen LogP contribution is -2.41. The van der Waals surface area contributed by atoms with Gasteiger partial charge in [-0.3, -0.25) is 4.79 Å². The Morgan fingerprint density at radius 2 is 1.93 bits per heavy atom. The van der Waals surface area contributed by atoms with Gasteiger partial charge in [0.15, 0.2) is 11.3 Å². The van der Waals surface area contributed by atoms with Crippen molar-refractivity contribution in [1.29, 1.82) is 0 Å². The summed E-state index contributed by atoms with van der Waals surface area (Å²) in [4.78, 5) is 22.3. The number of rotatable bonds is 5. The highest BCUT2D eigenvalue weighted by molar-refractivity contribution is 7.99. The second kappa shape index (κ2) is 7.67. The standard InChI is InChI=1S/C17H26BN3O5S/c1-16(2)17(3,4)26-18(25-16)11-7-19-15(20-8-11)27-12-5-6-21(9-12)14(24)13(23)10-22/h7-8,12-13,22-23H,5-6,9-10H2,1-4H3/t12-,13+/m1/s1. The summed E-state index contributed by atoms with van der Waals surface area (Å²) in [7, 11) is -0.492. The summed E-state index contributed by atoms with van der Waals surface area (Å²) in [5, 5.41) is 19.2. The first-order valence-corrected chi connectivity index (χ1v) is 9.93. The Bertz CT molecular complexity index is 672. The number of carbonyl (C=O) groups is 1. The second-order valence-corrected chi connectivity index (χ2v) is 9.17. The lowest BCUT2D eigenvalue weighted by Gasteiger charge is -2.32. The van der Waals surface area contributed by atoms with Crippen LogP contribution in [0, 0.1) is 0 Å². The summed E-state index contributed by atoms with van der Waals surface area (Å²) in [5.41, 5.74) is -0.0546. The summed E-state index contributed by atoms with van der Waals surface area (Å²) >= 11 is 1.50. The highest BCUT2D eigenvalue weighted by atomic mass is 32.2. The van der Waals surface area contributed by atoms with Crippen molar-refractivity contribution in [2.24, 2.45) is 0 Å². The van der Waals surface area contributed by atoms with Crippen molar-refractivity contribution in [3.8, 4) is 0 Å². The van der Waals surface area contributed by atoms with Crippen LogP contribution in [0.2, 0.25) is 0 Å². The third kappa shape index (κ3) is 4.29. The zero-order valence-corrected chi connectivity index (χ0v) is 16.9. The number of aromatic nitrogens is 2. The van der Waals surface area contributed by atoms with Crippen LogP contribution in [0.25, 0.3) is 0 Å². The molecule has 2 N–H and O–H groups in total. The molecule has 2 fully saturated rings. The van der Waals surface area contributed by atoms with Crippen LogP contribution in [0.5, 0.6) is 0 Å². The fourth-order valence-corrected chi connectivity index (χ4v) is 3.95. The lowest BCUT2D eigenvalue weighted by molar-refractivity contribution is -0.140. The number of hydrogen-bond acceptors (Lipinski definition) is 8. The van der Waals surface area contributed by atoms with Crippen LogP contribution in [0.15, 0.2) is 17.6 Å². The summed E-state index contributed by atoms with van der Waals surface area (Å²) < 4.78 is 12.0. The Labute approximate surface area is 163 Å². The molecule has 0 bridgehead atoms. The van der Waals surface area contributed by atoms with E-state index in [1.54, 1.807) is 17.3 Å². The van der Waals surface area contributed by atoms with Crippen molar-refractivity contribution in [2.45, 2.75) is 61.8 Å². The molecule has 2 aliphatic heterocycles. The molecule has 0 unspecified atom stereocenters. The first-order valence-electron chi connectivity index (χ1n) is 9.05. The topological polar surface area (TPSA) is 105 Å². The molecule has 0 spiro atoms. The van der Waals surface area contributed by atoms with Crippen LogP contribution in [0.1, 0.15) is 34.1 Å². The van der Waals surface area contributed by atoms with Gasteiger partial charge in [-0.1, -0.05) is 11.8 Å². The number of likely N-dealkylation sites (tertiary alicyclic amines) is 1. The number of aliphatic hydroxyl groups is 2. The molecule has 2 atom stereocenters. The molecule has 27 heavy (non-hydrogen) atoms. The zero-order valence-electron chi connectivity index (χ0n) is 16.1. The van der Waals surface area contributed by atoms with Gasteiger partial charge in [0.05, 0.1) is 17.8 Å². The molecule has 1 aromatic heterocycles. The molecule has 1 amide bonds. The van der Waals surface area contributed by atoms with Crippen LogP contribution < -0.4 is 5.46 Å². The molecule has 0 aliphatic carbocycles. The van der Waals surface area contributed by atoms with E-state index in [-0.39, 0.29) is 5.25 Å². The molecule has 0 radical (unpaired) electrons. The molecular formula is C17H26BN3O5S. The SMILES string of the molecule is CC1(C)OB(c2cnc(S[C@@H]3CCN(C(=O)[C@@H](O)CO)C3)nc2)OC1(C)C. The van der Waals surface area contributed by atoms with Gasteiger partial charge in [-0.05, 0) is 34.1 Å². The van der Waals surface area contributed by atoms with Crippen LogP contribution in [0.3, 0.4) is 0 Å². The van der Waals surface area contributed by atoms with Crippen LogP contribution in [0.4, 0.5) is 0 Å². The Kier molecular flexibility index (Phi) is 5.84. The predicted molar refractivity (Wildman–Crippen MR) is 102 cm³/mol. The third-order valence-electron chi connectivity index (χ3n) is 5.36. The van der Waals surface area contributed by atoms with E-state index >= 15 is 0 Å². The van der Waals surface area contributed by atoms with Gasteiger partial charge in [-0.25, -0.2) is 9.97 Å². The molecule has 0 aromatic carbocycles. The molecule has 3 rings (SSSR count). The number of thioether (sulfide) groups is 1. The maximum atomic E-state index is 11.9. The molecule has 3 heterocycles. The van der Waals surface area contributed by atoms with Gasteiger partial charge in [-0.2, -0.15) is 0 Å². The van der Waals surface area contributed by atoms with Crippen molar-refractivity contribution in [3.05, 3.63) is 12.4 Å². The van der Waals surface area contributed by atoms with Crippen molar-refractivity contribution in [2.75, 3.05) is 19.7 Å². The molecule has 148 valence electrons. The van der Waals surface area contributed by atoms with Gasteiger partial charge < -0.3 is 24.4 Å². The van der Waals surface area contributed by atoms with Crippen molar-refractivity contribution < 1.29 is 24.3 Å². The van der Waals surface area contributed by atoms with E-state index in [1.165, 1.54) is 11.8 Å². The van der Waals surface area contributed by atoms with Gasteiger partial charge >= 0.3 is 7.12 Å². The minimum atomic E-state index is -1.34. The monoisotopic (exact) mass is 395 g/mol. The van der Waals surface area contributed by atoms with Crippen molar-refractivity contribution in [3.63, 3.8) is 0 Å². The Balaban J connectivity index is 1.57. The third-order valence-corrected chi connectivity index (χ3v) is 6.50. The van der Waals surface area contributed by atoms with Gasteiger partial charge in [0.2, 0.25) is 0 Å². The molecule has 2 saturated heterocycles. The zero-order chi connectivity index (χ0) is 19.8. The maximum absolute atomic E-state index is 11.9. The number of aliphatic hydroxyl groups excluding tert-OH is 2. The van der Waals surface area contributed by atoms with Gasteiger partial charge in [0.1, 0.15) is 0 Å². The Morgan fingerprint density at radius 3 is 2.48 bits per heavy atom. The summed E-state index contributed by atoms with van der Waals surface area (Å²) in [5.74, 6) is -0.433. The van der Waals surface area contributed by atoms with Gasteiger partial charge in [-0.15, -0.1) is 0 Å². The van der Waals surface area contributed by atoms with E-state index in [9.17, 15) is 9.90 Å². The minimum absolute atomic E-state index is 0.155. The molecule has 1 aromatic rings. The molecule has 8 nitrogen and oxygen atoms in total. The number of amides is 1. The Hall–Kier alpha value is -1.20. The number of nitrogens with zero attached hydrogens (tertiary/aromatic N) is 3. The number of carbonyl (C=O) groups excluding carboxylic acids is 1. The van der Waals surface area contributed by atoms with Crippen LogP contribution in [-0.4, -0.2) is 80.4 Å². The lowest BCUT2D eigenvalue weighted by atomic mass is 9.81. The summed E-state index contributed by atoms with van der Waals surface area (Å²) in [6.07, 6.45) is 2.87. The quantitative estimate of drug-likeness (QED) is 0.523. The average Bonchev–Trinajstić information content (AvgIpc) is 3.16. The van der Waals surface area contributed by atoms with Crippen LogP contribution in [-0.2, 0) is 14.1 Å². The first-order chi connectivity index (χ1) is 12.6. The van der Waals surface area contributed by atoms with Crippen LogP contribution >= 0.6 is 11.8 Å². The number of hydrogen-bond donors (Lipinski definition) is 2. The van der Waals surface area contributed by atoms with E-state index in [1.807, 2.05) is 27.7 Å². The highest BCUT2D eigenvalue weighted by Gasteiger charge is 2.52. The van der Waals surface area contributed by atoms with E-state index in [0.29, 0.717) is 18.2 Å². The summed E-state index contributed by atoms with van der Waals surface area (Å²) in [6.45, 7) is 8.49. The van der Waals surface area contributed by atoms with Gasteiger partial charge in [0, 0.05) is 36.2 Å². The van der Waals surface area contributed by atoms with E-state index in [4.69, 9.17) is 14.4 Å².